The van der Waals surface area contributed by atoms with Gasteiger partial charge in [-0.15, -0.1) is 0 Å². The van der Waals surface area contributed by atoms with Crippen LogP contribution >= 0.6 is 0 Å². The van der Waals surface area contributed by atoms with Crippen molar-refractivity contribution in [2.75, 3.05) is 14.2 Å². The molecule has 0 radical (unpaired) electrons. The number of oxazole rings is 1. The zero-order chi connectivity index (χ0) is 17.6. The number of ether oxygens (including phenoxy) is 3. The summed E-state index contributed by atoms with van der Waals surface area (Å²) >= 11 is 0. The van der Waals surface area contributed by atoms with Gasteiger partial charge in [-0.1, -0.05) is 5.16 Å². The highest BCUT2D eigenvalue weighted by atomic mass is 16.5. The van der Waals surface area contributed by atoms with Crippen molar-refractivity contribution in [2.45, 2.75) is 13.2 Å². The van der Waals surface area contributed by atoms with Crippen LogP contribution in [0, 0.1) is 0 Å². The van der Waals surface area contributed by atoms with Gasteiger partial charge in [-0.2, -0.15) is 4.98 Å². The molecule has 9 heteroatoms. The van der Waals surface area contributed by atoms with Crippen LogP contribution in [0.3, 0.4) is 0 Å². The highest BCUT2D eigenvalue weighted by Gasteiger charge is 2.13. The van der Waals surface area contributed by atoms with Gasteiger partial charge in [0.15, 0.2) is 12.3 Å². The molecule has 0 N–H and O–H groups in total. The summed E-state index contributed by atoms with van der Waals surface area (Å²) in [5.41, 5.74) is 0.878. The van der Waals surface area contributed by atoms with Gasteiger partial charge in [0, 0.05) is 12.7 Å². The van der Waals surface area contributed by atoms with Crippen LogP contribution in [-0.4, -0.2) is 35.3 Å². The third-order valence-corrected chi connectivity index (χ3v) is 3.16. The number of benzene rings is 1. The van der Waals surface area contributed by atoms with Gasteiger partial charge in [-0.05, 0) is 24.3 Å². The number of carbonyl (C=O) groups excluding carboxylic acids is 1. The number of rotatable bonds is 7. The van der Waals surface area contributed by atoms with Crippen LogP contribution in [0.1, 0.15) is 22.3 Å². The van der Waals surface area contributed by atoms with Crippen molar-refractivity contribution < 1.29 is 27.9 Å². The molecule has 0 bridgehead atoms. The summed E-state index contributed by atoms with van der Waals surface area (Å²) in [6.45, 7) is 0.342. The van der Waals surface area contributed by atoms with Crippen molar-refractivity contribution in [1.82, 2.24) is 15.1 Å². The highest BCUT2D eigenvalue weighted by molar-refractivity contribution is 5.86. The smallest absolute Gasteiger partial charge is 0.360 e. The maximum absolute atomic E-state index is 11.3. The quantitative estimate of drug-likeness (QED) is 0.595. The predicted octanol–water partition coefficient (Wildman–Crippen LogP) is 2.24. The molecule has 25 heavy (non-hydrogen) atoms. The molecule has 0 saturated carbocycles. The van der Waals surface area contributed by atoms with Crippen LogP contribution in [-0.2, 0) is 22.7 Å². The standard InChI is InChI=1S/C16H15N3O6/c1-21-8-14-18-15(19-25-14)10-3-5-11(6-4-10)23-9-13-17-12(7-24-13)16(20)22-2/h3-7H,8-9H2,1-2H3. The van der Waals surface area contributed by atoms with Crippen molar-refractivity contribution in [3.63, 3.8) is 0 Å². The van der Waals surface area contributed by atoms with Crippen molar-refractivity contribution in [1.29, 1.82) is 0 Å². The monoisotopic (exact) mass is 345 g/mol. The van der Waals surface area contributed by atoms with Crippen LogP contribution < -0.4 is 4.74 Å². The maximum atomic E-state index is 11.3. The first-order chi connectivity index (χ1) is 12.2. The Morgan fingerprint density at radius 1 is 1.08 bits per heavy atom. The Morgan fingerprint density at radius 3 is 2.60 bits per heavy atom. The number of esters is 1. The second kappa shape index (κ2) is 7.58. The topological polar surface area (TPSA) is 110 Å². The summed E-state index contributed by atoms with van der Waals surface area (Å²) in [6.07, 6.45) is 1.22. The SMILES string of the molecule is COCc1nc(-c2ccc(OCc3nc(C(=O)OC)co3)cc2)no1. The number of aromatic nitrogens is 3. The minimum atomic E-state index is -0.563. The Bertz CT molecular complexity index is 840. The van der Waals surface area contributed by atoms with E-state index >= 15 is 0 Å². The molecular formula is C16H15N3O6. The van der Waals surface area contributed by atoms with Gasteiger partial charge in [0.25, 0.3) is 5.89 Å². The van der Waals surface area contributed by atoms with E-state index < -0.39 is 5.97 Å². The second-order valence-corrected chi connectivity index (χ2v) is 4.88. The van der Waals surface area contributed by atoms with Gasteiger partial charge in [0.05, 0.1) is 7.11 Å². The Morgan fingerprint density at radius 2 is 1.88 bits per heavy atom. The minimum absolute atomic E-state index is 0.0799. The third kappa shape index (κ3) is 4.01. The Hall–Kier alpha value is -3.20. The van der Waals surface area contributed by atoms with Crippen molar-refractivity contribution in [3.05, 3.63) is 48.0 Å². The lowest BCUT2D eigenvalue weighted by Crippen LogP contribution is -2.02. The number of methoxy groups -OCH3 is 2. The summed E-state index contributed by atoms with van der Waals surface area (Å²) in [5, 5.41) is 3.88. The van der Waals surface area contributed by atoms with Gasteiger partial charge in [-0.25, -0.2) is 9.78 Å². The highest BCUT2D eigenvalue weighted by Crippen LogP contribution is 2.21. The number of hydrogen-bond donors (Lipinski definition) is 0. The molecule has 0 atom stereocenters. The molecule has 3 rings (SSSR count). The molecule has 3 aromatic rings. The van der Waals surface area contributed by atoms with Gasteiger partial charge in [-0.3, -0.25) is 0 Å². The molecule has 1 aromatic carbocycles. The summed E-state index contributed by atoms with van der Waals surface area (Å²) in [6, 6.07) is 7.11. The van der Waals surface area contributed by atoms with Gasteiger partial charge < -0.3 is 23.2 Å². The van der Waals surface area contributed by atoms with Crippen molar-refractivity contribution in [2.24, 2.45) is 0 Å². The van der Waals surface area contributed by atoms with E-state index in [4.69, 9.17) is 18.4 Å². The van der Waals surface area contributed by atoms with Crippen LogP contribution in [0.5, 0.6) is 5.75 Å². The molecule has 9 nitrogen and oxygen atoms in total. The molecule has 0 saturated heterocycles. The lowest BCUT2D eigenvalue weighted by molar-refractivity contribution is 0.0594. The van der Waals surface area contributed by atoms with Gasteiger partial charge in [0.2, 0.25) is 11.7 Å². The molecule has 2 heterocycles. The first-order valence-electron chi connectivity index (χ1n) is 7.27. The first kappa shape index (κ1) is 16.7. The van der Waals surface area contributed by atoms with E-state index in [1.54, 1.807) is 31.4 Å². The van der Waals surface area contributed by atoms with E-state index in [2.05, 4.69) is 19.9 Å². The van der Waals surface area contributed by atoms with Crippen LogP contribution in [0.25, 0.3) is 11.4 Å². The molecule has 0 unspecified atom stereocenters. The van der Waals surface area contributed by atoms with E-state index in [1.807, 2.05) is 0 Å². The second-order valence-electron chi connectivity index (χ2n) is 4.88. The number of hydrogen-bond acceptors (Lipinski definition) is 9. The van der Waals surface area contributed by atoms with E-state index in [9.17, 15) is 4.79 Å². The molecule has 2 aromatic heterocycles. The maximum Gasteiger partial charge on any atom is 0.360 e. The van der Waals surface area contributed by atoms with E-state index in [0.717, 1.165) is 5.56 Å². The summed E-state index contributed by atoms with van der Waals surface area (Å²) in [5.74, 6) is 1.18. The average Bonchev–Trinajstić information content (AvgIpc) is 3.30. The van der Waals surface area contributed by atoms with Crippen LogP contribution in [0.15, 0.2) is 39.5 Å². The fourth-order valence-corrected chi connectivity index (χ4v) is 1.98. The Labute approximate surface area is 142 Å². The average molecular weight is 345 g/mol. The van der Waals surface area contributed by atoms with E-state index in [1.165, 1.54) is 13.4 Å². The lowest BCUT2D eigenvalue weighted by atomic mass is 10.2. The molecule has 0 aliphatic carbocycles. The van der Waals surface area contributed by atoms with Crippen LogP contribution in [0.2, 0.25) is 0 Å². The Kier molecular flexibility index (Phi) is 5.05. The molecule has 130 valence electrons. The van der Waals surface area contributed by atoms with Crippen LogP contribution in [0.4, 0.5) is 0 Å². The van der Waals surface area contributed by atoms with Crippen molar-refractivity contribution >= 4 is 5.97 Å². The van der Waals surface area contributed by atoms with E-state index in [-0.39, 0.29) is 24.8 Å². The normalized spacial score (nSPS) is 10.6. The molecule has 0 aliphatic heterocycles. The first-order valence-corrected chi connectivity index (χ1v) is 7.27. The lowest BCUT2D eigenvalue weighted by Gasteiger charge is -2.03. The summed E-state index contributed by atoms with van der Waals surface area (Å²) < 4.78 is 25.2. The fourth-order valence-electron chi connectivity index (χ4n) is 1.98. The van der Waals surface area contributed by atoms with Gasteiger partial charge >= 0.3 is 5.97 Å². The summed E-state index contributed by atoms with van der Waals surface area (Å²) in [4.78, 5) is 19.5. The fraction of sp³-hybridized carbons (Fsp3) is 0.250. The molecular weight excluding hydrogens is 330 g/mol. The zero-order valence-electron chi connectivity index (χ0n) is 13.6. The molecule has 0 spiro atoms. The molecule has 0 amide bonds. The third-order valence-electron chi connectivity index (χ3n) is 3.16. The predicted molar refractivity (Wildman–Crippen MR) is 82.6 cm³/mol. The largest absolute Gasteiger partial charge is 0.484 e. The molecule has 0 fully saturated rings. The number of carbonyl (C=O) groups is 1. The number of nitrogens with zero attached hydrogens (tertiary/aromatic N) is 3. The van der Waals surface area contributed by atoms with Gasteiger partial charge in [0.1, 0.15) is 18.6 Å². The van der Waals surface area contributed by atoms with E-state index in [0.29, 0.717) is 17.5 Å². The molecule has 0 aliphatic rings. The Balaban J connectivity index is 1.60. The summed E-state index contributed by atoms with van der Waals surface area (Å²) in [7, 11) is 2.83. The van der Waals surface area contributed by atoms with Crippen molar-refractivity contribution in [3.8, 4) is 17.1 Å². The minimum Gasteiger partial charge on any atom is -0.484 e. The zero-order valence-corrected chi connectivity index (χ0v) is 13.6.